The minimum atomic E-state index is 0. The number of aliphatic imine (C=N–C) groups is 1. The summed E-state index contributed by atoms with van der Waals surface area (Å²) in [6.45, 7) is 14.8. The highest BCUT2D eigenvalue weighted by molar-refractivity contribution is 14.0. The Morgan fingerprint density at radius 2 is 1.96 bits per heavy atom. The Morgan fingerprint density at radius 1 is 1.26 bits per heavy atom. The number of hydrogen-bond donors (Lipinski definition) is 2. The van der Waals surface area contributed by atoms with Crippen LogP contribution in [0.25, 0.3) is 0 Å². The lowest BCUT2D eigenvalue weighted by Gasteiger charge is -2.22. The van der Waals surface area contributed by atoms with Gasteiger partial charge in [-0.05, 0) is 31.6 Å². The monoisotopic (exact) mass is 438 g/mol. The fraction of sp³-hybridized carbons (Fsp3) is 0.882. The van der Waals surface area contributed by atoms with Crippen molar-refractivity contribution in [1.82, 2.24) is 15.5 Å². The van der Waals surface area contributed by atoms with Crippen LogP contribution >= 0.6 is 24.0 Å². The molecule has 1 amide bonds. The van der Waals surface area contributed by atoms with Gasteiger partial charge in [-0.25, -0.2) is 0 Å². The number of hydrogen-bond acceptors (Lipinski definition) is 2. The molecule has 0 saturated carbocycles. The quantitative estimate of drug-likeness (QED) is 0.278. The van der Waals surface area contributed by atoms with E-state index in [0.29, 0.717) is 13.1 Å². The van der Waals surface area contributed by atoms with Crippen molar-refractivity contribution in [1.29, 1.82) is 0 Å². The largest absolute Gasteiger partial charge is 0.357 e. The SMILES string of the molecule is CCNC(=NCCNC(=O)C(C)C)N1CCC(CC(C)C)C1.I. The molecule has 1 heterocycles. The van der Waals surface area contributed by atoms with Gasteiger partial charge in [0.2, 0.25) is 5.91 Å². The fourth-order valence-corrected chi connectivity index (χ4v) is 2.85. The number of amides is 1. The number of nitrogens with one attached hydrogen (secondary N) is 2. The van der Waals surface area contributed by atoms with Gasteiger partial charge in [-0.15, -0.1) is 24.0 Å². The summed E-state index contributed by atoms with van der Waals surface area (Å²) in [5.74, 6) is 2.67. The minimum absolute atomic E-state index is 0. The Morgan fingerprint density at radius 3 is 2.52 bits per heavy atom. The van der Waals surface area contributed by atoms with Gasteiger partial charge in [0.1, 0.15) is 0 Å². The zero-order chi connectivity index (χ0) is 16.5. The second kappa shape index (κ2) is 11.9. The summed E-state index contributed by atoms with van der Waals surface area (Å²) in [6, 6.07) is 0. The summed E-state index contributed by atoms with van der Waals surface area (Å²) < 4.78 is 0. The lowest BCUT2D eigenvalue weighted by atomic mass is 9.97. The molecule has 23 heavy (non-hydrogen) atoms. The highest BCUT2D eigenvalue weighted by Gasteiger charge is 2.25. The molecule has 0 radical (unpaired) electrons. The first kappa shape index (κ1) is 22.5. The van der Waals surface area contributed by atoms with Gasteiger partial charge >= 0.3 is 0 Å². The Balaban J connectivity index is 0.00000484. The molecule has 2 N–H and O–H groups in total. The second-order valence-corrected chi connectivity index (χ2v) is 6.91. The van der Waals surface area contributed by atoms with Gasteiger partial charge in [-0.2, -0.15) is 0 Å². The summed E-state index contributed by atoms with van der Waals surface area (Å²) in [6.07, 6.45) is 2.55. The Labute approximate surface area is 159 Å². The van der Waals surface area contributed by atoms with Crippen LogP contribution in [-0.4, -0.2) is 49.5 Å². The van der Waals surface area contributed by atoms with Crippen LogP contribution in [0.4, 0.5) is 0 Å². The van der Waals surface area contributed by atoms with E-state index < -0.39 is 0 Å². The van der Waals surface area contributed by atoms with Crippen molar-refractivity contribution >= 4 is 35.8 Å². The van der Waals surface area contributed by atoms with E-state index in [2.05, 4.69) is 41.3 Å². The minimum Gasteiger partial charge on any atom is -0.357 e. The van der Waals surface area contributed by atoms with Crippen LogP contribution in [0.3, 0.4) is 0 Å². The number of rotatable bonds is 7. The molecule has 5 nitrogen and oxygen atoms in total. The van der Waals surface area contributed by atoms with E-state index in [1.54, 1.807) is 0 Å². The van der Waals surface area contributed by atoms with Crippen molar-refractivity contribution in [3.05, 3.63) is 0 Å². The van der Waals surface area contributed by atoms with Crippen molar-refractivity contribution in [2.45, 2.75) is 47.5 Å². The zero-order valence-corrected chi connectivity index (χ0v) is 17.7. The van der Waals surface area contributed by atoms with Crippen molar-refractivity contribution in [3.63, 3.8) is 0 Å². The third kappa shape index (κ3) is 8.77. The molecule has 1 aliphatic heterocycles. The maximum absolute atomic E-state index is 11.5. The van der Waals surface area contributed by atoms with Gasteiger partial charge in [0, 0.05) is 32.1 Å². The molecule has 1 atom stereocenters. The molecular weight excluding hydrogens is 403 g/mol. The van der Waals surface area contributed by atoms with Gasteiger partial charge in [-0.1, -0.05) is 27.7 Å². The second-order valence-electron chi connectivity index (χ2n) is 6.91. The van der Waals surface area contributed by atoms with Gasteiger partial charge in [0.25, 0.3) is 0 Å². The van der Waals surface area contributed by atoms with Crippen molar-refractivity contribution in [3.8, 4) is 0 Å². The number of guanidine groups is 1. The number of likely N-dealkylation sites (tertiary alicyclic amines) is 1. The van der Waals surface area contributed by atoms with Crippen LogP contribution in [0.2, 0.25) is 0 Å². The number of carbonyl (C=O) groups excluding carboxylic acids is 1. The highest BCUT2D eigenvalue weighted by Crippen LogP contribution is 2.23. The van der Waals surface area contributed by atoms with Gasteiger partial charge in [-0.3, -0.25) is 9.79 Å². The molecule has 1 fully saturated rings. The van der Waals surface area contributed by atoms with Gasteiger partial charge in [0.05, 0.1) is 6.54 Å². The molecule has 0 aromatic heterocycles. The topological polar surface area (TPSA) is 56.7 Å². The molecule has 0 aromatic carbocycles. The average Bonchev–Trinajstić information content (AvgIpc) is 2.89. The molecule has 0 bridgehead atoms. The normalized spacial score (nSPS) is 18.3. The molecule has 1 rings (SSSR count). The van der Waals surface area contributed by atoms with Crippen LogP contribution in [-0.2, 0) is 4.79 Å². The fourth-order valence-electron chi connectivity index (χ4n) is 2.85. The van der Waals surface area contributed by atoms with E-state index in [0.717, 1.165) is 37.4 Å². The molecule has 0 spiro atoms. The van der Waals surface area contributed by atoms with E-state index in [-0.39, 0.29) is 35.8 Å². The van der Waals surface area contributed by atoms with Crippen LogP contribution in [0.15, 0.2) is 4.99 Å². The average molecular weight is 438 g/mol. The zero-order valence-electron chi connectivity index (χ0n) is 15.4. The first-order valence-electron chi connectivity index (χ1n) is 8.75. The molecule has 0 aliphatic carbocycles. The summed E-state index contributed by atoms with van der Waals surface area (Å²) >= 11 is 0. The van der Waals surface area contributed by atoms with E-state index >= 15 is 0 Å². The Kier molecular flexibility index (Phi) is 11.6. The van der Waals surface area contributed by atoms with Crippen LogP contribution in [0, 0.1) is 17.8 Å². The van der Waals surface area contributed by atoms with Gasteiger partial charge in [0.15, 0.2) is 5.96 Å². The van der Waals surface area contributed by atoms with Crippen LogP contribution in [0.1, 0.15) is 47.5 Å². The molecule has 136 valence electrons. The number of halogens is 1. The molecular formula is C17H35IN4O. The van der Waals surface area contributed by atoms with E-state index in [4.69, 9.17) is 0 Å². The third-order valence-corrected chi connectivity index (χ3v) is 3.92. The summed E-state index contributed by atoms with van der Waals surface area (Å²) in [4.78, 5) is 18.5. The maximum Gasteiger partial charge on any atom is 0.222 e. The van der Waals surface area contributed by atoms with E-state index in [1.165, 1.54) is 12.8 Å². The summed E-state index contributed by atoms with van der Waals surface area (Å²) in [5, 5.41) is 6.29. The predicted octanol–water partition coefficient (Wildman–Crippen LogP) is 2.71. The van der Waals surface area contributed by atoms with E-state index in [9.17, 15) is 4.79 Å². The maximum atomic E-state index is 11.5. The molecule has 0 aromatic rings. The molecule has 1 aliphatic rings. The van der Waals surface area contributed by atoms with Crippen LogP contribution < -0.4 is 10.6 Å². The van der Waals surface area contributed by atoms with Crippen LogP contribution in [0.5, 0.6) is 0 Å². The molecule has 1 saturated heterocycles. The Bertz CT molecular complexity index is 372. The highest BCUT2D eigenvalue weighted by atomic mass is 127. The smallest absolute Gasteiger partial charge is 0.222 e. The standard InChI is InChI=1S/C17H34N4O.HI/c1-6-18-17(20-9-8-19-16(22)14(4)5)21-10-7-15(12-21)11-13(2)3;/h13-15H,6-12H2,1-5H3,(H,18,20)(H,19,22);1H. The first-order chi connectivity index (χ1) is 10.4. The molecule has 1 unspecified atom stereocenters. The summed E-state index contributed by atoms with van der Waals surface area (Å²) in [7, 11) is 0. The first-order valence-corrected chi connectivity index (χ1v) is 8.75. The third-order valence-electron chi connectivity index (χ3n) is 3.92. The van der Waals surface area contributed by atoms with Crippen molar-refractivity contribution < 1.29 is 4.79 Å². The lowest BCUT2D eigenvalue weighted by Crippen LogP contribution is -2.40. The molecule has 6 heteroatoms. The summed E-state index contributed by atoms with van der Waals surface area (Å²) in [5.41, 5.74) is 0. The number of nitrogens with zero attached hydrogens (tertiary/aromatic N) is 2. The number of carbonyl (C=O) groups is 1. The van der Waals surface area contributed by atoms with Crippen molar-refractivity contribution in [2.24, 2.45) is 22.7 Å². The van der Waals surface area contributed by atoms with E-state index in [1.807, 2.05) is 13.8 Å². The predicted molar refractivity (Wildman–Crippen MR) is 108 cm³/mol. The van der Waals surface area contributed by atoms with Gasteiger partial charge < -0.3 is 15.5 Å². The lowest BCUT2D eigenvalue weighted by molar-refractivity contribution is -0.123. The Hall–Kier alpha value is -0.530. The van der Waals surface area contributed by atoms with Crippen molar-refractivity contribution in [2.75, 3.05) is 32.7 Å².